The van der Waals surface area contributed by atoms with E-state index in [1.165, 1.54) is 0 Å². The maximum Gasteiger partial charge on any atom is 0.322 e. The molecule has 3 rings (SSSR count). The number of rotatable bonds is 7. The van der Waals surface area contributed by atoms with E-state index in [-0.39, 0.29) is 17.6 Å². The first-order valence-corrected chi connectivity index (χ1v) is 10.7. The second kappa shape index (κ2) is 9.83. The molecule has 1 heterocycles. The van der Waals surface area contributed by atoms with Crippen molar-refractivity contribution < 1.29 is 9.53 Å². The van der Waals surface area contributed by atoms with Crippen molar-refractivity contribution in [3.63, 3.8) is 0 Å². The second-order valence-corrected chi connectivity index (χ2v) is 7.49. The maximum absolute atomic E-state index is 13.1. The van der Waals surface area contributed by atoms with E-state index in [4.69, 9.17) is 21.3 Å². The molecular formula is C23H27ClN4O3. The Balaban J connectivity index is 2.00. The molecule has 2 amide bonds. The van der Waals surface area contributed by atoms with Gasteiger partial charge >= 0.3 is 6.03 Å². The van der Waals surface area contributed by atoms with Gasteiger partial charge in [0.1, 0.15) is 11.6 Å². The topological polar surface area (TPSA) is 76.5 Å². The third kappa shape index (κ3) is 4.66. The van der Waals surface area contributed by atoms with Crippen molar-refractivity contribution in [3.8, 4) is 5.75 Å². The van der Waals surface area contributed by atoms with Crippen LogP contribution in [0.3, 0.4) is 0 Å². The summed E-state index contributed by atoms with van der Waals surface area (Å²) in [5.41, 5.74) is 1.05. The minimum absolute atomic E-state index is 0.135. The van der Waals surface area contributed by atoms with Gasteiger partial charge in [0, 0.05) is 23.8 Å². The molecule has 7 nitrogen and oxygen atoms in total. The Morgan fingerprint density at radius 3 is 2.48 bits per heavy atom. The summed E-state index contributed by atoms with van der Waals surface area (Å²) in [4.78, 5) is 32.7. The van der Waals surface area contributed by atoms with Gasteiger partial charge in [-0.05, 0) is 62.7 Å². The first-order valence-electron chi connectivity index (χ1n) is 10.3. The van der Waals surface area contributed by atoms with E-state index in [2.05, 4.69) is 5.32 Å². The van der Waals surface area contributed by atoms with Crippen molar-refractivity contribution in [1.29, 1.82) is 0 Å². The van der Waals surface area contributed by atoms with Gasteiger partial charge in [-0.1, -0.05) is 18.5 Å². The number of aromatic nitrogens is 2. The van der Waals surface area contributed by atoms with Crippen molar-refractivity contribution in [1.82, 2.24) is 14.5 Å². The number of amides is 2. The average Bonchev–Trinajstić information content (AvgIpc) is 2.77. The van der Waals surface area contributed by atoms with Gasteiger partial charge in [-0.25, -0.2) is 9.78 Å². The Morgan fingerprint density at radius 2 is 1.90 bits per heavy atom. The van der Waals surface area contributed by atoms with Crippen LogP contribution in [-0.4, -0.2) is 34.1 Å². The van der Waals surface area contributed by atoms with Crippen LogP contribution in [0.15, 0.2) is 47.3 Å². The molecule has 8 heteroatoms. The zero-order chi connectivity index (χ0) is 22.5. The Labute approximate surface area is 186 Å². The summed E-state index contributed by atoms with van der Waals surface area (Å²) in [7, 11) is 1.59. The molecule has 164 valence electrons. The molecule has 1 N–H and O–H groups in total. The van der Waals surface area contributed by atoms with Crippen molar-refractivity contribution >= 4 is 34.2 Å². The molecule has 0 saturated carbocycles. The molecule has 0 spiro atoms. The summed E-state index contributed by atoms with van der Waals surface area (Å²) < 4.78 is 6.80. The number of benzene rings is 2. The predicted molar refractivity (Wildman–Crippen MR) is 124 cm³/mol. The molecule has 0 aliphatic heterocycles. The lowest BCUT2D eigenvalue weighted by Crippen LogP contribution is -2.40. The SMILES string of the molecule is CCC(c1nc2cc(Cl)ccc2c(=O)n1CC)N(CC)C(=O)Nc1ccc(OC)cc1. The number of halogens is 1. The number of anilines is 1. The fourth-order valence-corrected chi connectivity index (χ4v) is 3.86. The molecule has 1 aromatic heterocycles. The first-order chi connectivity index (χ1) is 14.9. The van der Waals surface area contributed by atoms with Gasteiger partial charge < -0.3 is 15.0 Å². The molecule has 0 aliphatic rings. The molecule has 0 aliphatic carbocycles. The van der Waals surface area contributed by atoms with Crippen molar-refractivity contribution in [3.05, 3.63) is 63.7 Å². The number of nitrogens with zero attached hydrogens (tertiary/aromatic N) is 3. The number of fused-ring (bicyclic) bond motifs is 1. The van der Waals surface area contributed by atoms with Crippen LogP contribution in [0.4, 0.5) is 10.5 Å². The highest BCUT2D eigenvalue weighted by atomic mass is 35.5. The van der Waals surface area contributed by atoms with Crippen molar-refractivity contribution in [2.45, 2.75) is 39.8 Å². The van der Waals surface area contributed by atoms with Crippen LogP contribution in [0.5, 0.6) is 5.75 Å². The van der Waals surface area contributed by atoms with Crippen LogP contribution in [-0.2, 0) is 6.54 Å². The number of urea groups is 1. The van der Waals surface area contributed by atoms with Gasteiger partial charge in [0.15, 0.2) is 0 Å². The molecule has 0 saturated heterocycles. The number of ether oxygens (including phenoxy) is 1. The van der Waals surface area contributed by atoms with E-state index in [1.807, 2.05) is 20.8 Å². The summed E-state index contributed by atoms with van der Waals surface area (Å²) in [5.74, 6) is 1.26. The molecule has 0 radical (unpaired) electrons. The highest BCUT2D eigenvalue weighted by molar-refractivity contribution is 6.31. The zero-order valence-electron chi connectivity index (χ0n) is 18.2. The van der Waals surface area contributed by atoms with Crippen LogP contribution in [0.25, 0.3) is 10.9 Å². The monoisotopic (exact) mass is 442 g/mol. The van der Waals surface area contributed by atoms with Gasteiger partial charge in [0.2, 0.25) is 0 Å². The van der Waals surface area contributed by atoms with Crippen LogP contribution in [0.2, 0.25) is 5.02 Å². The Bertz CT molecular complexity index is 1130. The molecule has 0 bridgehead atoms. The summed E-state index contributed by atoms with van der Waals surface area (Å²) in [6.45, 7) is 6.68. The van der Waals surface area contributed by atoms with Crippen LogP contribution < -0.4 is 15.6 Å². The molecule has 2 aromatic carbocycles. The van der Waals surface area contributed by atoms with E-state index in [0.29, 0.717) is 52.7 Å². The summed E-state index contributed by atoms with van der Waals surface area (Å²) in [6, 6.07) is 11.6. The Kier molecular flexibility index (Phi) is 7.17. The van der Waals surface area contributed by atoms with Gasteiger partial charge in [-0.2, -0.15) is 0 Å². The van der Waals surface area contributed by atoms with E-state index in [0.717, 1.165) is 0 Å². The number of methoxy groups -OCH3 is 1. The number of hydrogen-bond donors (Lipinski definition) is 1. The van der Waals surface area contributed by atoms with E-state index in [1.54, 1.807) is 59.0 Å². The van der Waals surface area contributed by atoms with Gasteiger partial charge in [-0.3, -0.25) is 9.36 Å². The number of carbonyl (C=O) groups is 1. The highest BCUT2D eigenvalue weighted by Crippen LogP contribution is 2.26. The maximum atomic E-state index is 13.1. The normalized spacial score (nSPS) is 11.9. The number of hydrogen-bond acceptors (Lipinski definition) is 4. The van der Waals surface area contributed by atoms with E-state index < -0.39 is 0 Å². The molecule has 1 unspecified atom stereocenters. The molecule has 1 atom stereocenters. The third-order valence-electron chi connectivity index (χ3n) is 5.27. The molecule has 31 heavy (non-hydrogen) atoms. The fourth-order valence-electron chi connectivity index (χ4n) is 3.69. The Morgan fingerprint density at radius 1 is 1.19 bits per heavy atom. The lowest BCUT2D eigenvalue weighted by Gasteiger charge is -2.31. The second-order valence-electron chi connectivity index (χ2n) is 7.05. The zero-order valence-corrected chi connectivity index (χ0v) is 18.9. The summed E-state index contributed by atoms with van der Waals surface area (Å²) in [6.07, 6.45) is 0.600. The standard InChI is InChI=1S/C23H27ClN4O3/c1-5-20(27(6-2)23(30)25-16-9-11-17(31-4)12-10-16)21-26-19-14-15(24)8-13-18(19)22(29)28(21)7-3/h8-14,20H,5-7H2,1-4H3,(H,25,30). The van der Waals surface area contributed by atoms with Gasteiger partial charge in [-0.15, -0.1) is 0 Å². The van der Waals surface area contributed by atoms with Crippen molar-refractivity contribution in [2.24, 2.45) is 0 Å². The lowest BCUT2D eigenvalue weighted by molar-refractivity contribution is 0.184. The molecule has 0 fully saturated rings. The number of carbonyl (C=O) groups excluding carboxylic acids is 1. The van der Waals surface area contributed by atoms with Crippen LogP contribution in [0, 0.1) is 0 Å². The lowest BCUT2D eigenvalue weighted by atomic mass is 10.1. The van der Waals surface area contributed by atoms with Gasteiger partial charge in [0.25, 0.3) is 5.56 Å². The highest BCUT2D eigenvalue weighted by Gasteiger charge is 2.27. The van der Waals surface area contributed by atoms with Crippen molar-refractivity contribution in [2.75, 3.05) is 19.0 Å². The predicted octanol–water partition coefficient (Wildman–Crippen LogP) is 5.08. The molecular weight excluding hydrogens is 416 g/mol. The summed E-state index contributed by atoms with van der Waals surface area (Å²) in [5, 5.41) is 3.94. The van der Waals surface area contributed by atoms with Crippen LogP contribution >= 0.6 is 11.6 Å². The fraction of sp³-hybridized carbons (Fsp3) is 0.348. The van der Waals surface area contributed by atoms with Gasteiger partial charge in [0.05, 0.1) is 24.1 Å². The number of nitrogens with one attached hydrogen (secondary N) is 1. The third-order valence-corrected chi connectivity index (χ3v) is 5.50. The van der Waals surface area contributed by atoms with Crippen LogP contribution in [0.1, 0.15) is 39.1 Å². The largest absolute Gasteiger partial charge is 0.497 e. The average molecular weight is 443 g/mol. The summed E-state index contributed by atoms with van der Waals surface area (Å²) >= 11 is 6.13. The molecule has 3 aromatic rings. The smallest absolute Gasteiger partial charge is 0.322 e. The Hall–Kier alpha value is -3.06. The first kappa shape index (κ1) is 22.6. The van der Waals surface area contributed by atoms with E-state index in [9.17, 15) is 9.59 Å². The minimum atomic E-state index is -0.376. The minimum Gasteiger partial charge on any atom is -0.497 e. The van der Waals surface area contributed by atoms with E-state index >= 15 is 0 Å². The quantitative estimate of drug-likeness (QED) is 0.553.